The smallest absolute Gasteiger partial charge is 0.161 e. The van der Waals surface area contributed by atoms with E-state index < -0.39 is 0 Å². The van der Waals surface area contributed by atoms with Gasteiger partial charge in [-0.25, -0.2) is 0 Å². The van der Waals surface area contributed by atoms with Crippen LogP contribution in [0, 0.1) is 6.92 Å². The molecule has 0 saturated carbocycles. The summed E-state index contributed by atoms with van der Waals surface area (Å²) in [4.78, 5) is 2.18. The molecule has 0 radical (unpaired) electrons. The van der Waals surface area contributed by atoms with Crippen molar-refractivity contribution < 1.29 is 14.0 Å². The molecule has 0 spiro atoms. The first-order chi connectivity index (χ1) is 9.70. The van der Waals surface area contributed by atoms with E-state index in [1.807, 2.05) is 25.1 Å². The van der Waals surface area contributed by atoms with E-state index in [-0.39, 0.29) is 0 Å². The molecule has 0 aliphatic carbocycles. The topological polar surface area (TPSA) is 47.7 Å². The number of nitrogens with zero attached hydrogens (tertiary/aromatic N) is 2. The maximum atomic E-state index is 5.60. The third-order valence-electron chi connectivity index (χ3n) is 3.17. The lowest BCUT2D eigenvalue weighted by Crippen LogP contribution is -2.18. The van der Waals surface area contributed by atoms with Gasteiger partial charge in [-0.2, -0.15) is 0 Å². The van der Waals surface area contributed by atoms with E-state index in [0.29, 0.717) is 13.2 Å². The molecule has 0 amide bonds. The number of benzene rings is 1. The lowest BCUT2D eigenvalue weighted by molar-refractivity contribution is 0.171. The van der Waals surface area contributed by atoms with E-state index in [1.165, 1.54) is 5.56 Å². The number of hydrogen-bond donors (Lipinski definition) is 0. The SMILES string of the molecule is Cc1cc(CN(C)Cc2ccc3c(c2)OCCO3)no1. The predicted molar refractivity (Wildman–Crippen MR) is 73.8 cm³/mol. The van der Waals surface area contributed by atoms with Crippen LogP contribution in [-0.2, 0) is 13.1 Å². The van der Waals surface area contributed by atoms with Gasteiger partial charge in [0.15, 0.2) is 11.5 Å². The monoisotopic (exact) mass is 274 g/mol. The van der Waals surface area contributed by atoms with Crippen molar-refractivity contribution in [1.82, 2.24) is 10.1 Å². The molecule has 1 aromatic carbocycles. The molecule has 5 heteroatoms. The van der Waals surface area contributed by atoms with Gasteiger partial charge >= 0.3 is 0 Å². The second-order valence-corrected chi connectivity index (χ2v) is 5.08. The van der Waals surface area contributed by atoms with Crippen LogP contribution >= 0.6 is 0 Å². The van der Waals surface area contributed by atoms with Crippen molar-refractivity contribution in [3.63, 3.8) is 0 Å². The van der Waals surface area contributed by atoms with Crippen molar-refractivity contribution in [3.05, 3.63) is 41.3 Å². The summed E-state index contributed by atoms with van der Waals surface area (Å²) in [6, 6.07) is 8.04. The summed E-state index contributed by atoms with van der Waals surface area (Å²) in [5.74, 6) is 2.50. The van der Waals surface area contributed by atoms with Gasteiger partial charge in [0, 0.05) is 19.2 Å². The molecule has 0 fully saturated rings. The first kappa shape index (κ1) is 13.0. The van der Waals surface area contributed by atoms with Crippen LogP contribution in [-0.4, -0.2) is 30.3 Å². The number of rotatable bonds is 4. The maximum Gasteiger partial charge on any atom is 0.161 e. The minimum atomic E-state index is 0.616. The van der Waals surface area contributed by atoms with Crippen molar-refractivity contribution in [2.75, 3.05) is 20.3 Å². The van der Waals surface area contributed by atoms with E-state index in [9.17, 15) is 0 Å². The largest absolute Gasteiger partial charge is 0.486 e. The summed E-state index contributed by atoms with van der Waals surface area (Å²) in [7, 11) is 2.06. The Morgan fingerprint density at radius 2 is 1.90 bits per heavy atom. The molecule has 2 aromatic rings. The van der Waals surface area contributed by atoms with Crippen molar-refractivity contribution >= 4 is 0 Å². The van der Waals surface area contributed by atoms with E-state index in [0.717, 1.165) is 36.0 Å². The van der Waals surface area contributed by atoms with Crippen LogP contribution in [0.25, 0.3) is 0 Å². The fraction of sp³-hybridized carbons (Fsp3) is 0.400. The van der Waals surface area contributed by atoms with Gasteiger partial charge in [-0.1, -0.05) is 11.2 Å². The molecule has 5 nitrogen and oxygen atoms in total. The van der Waals surface area contributed by atoms with E-state index in [2.05, 4.69) is 23.2 Å². The summed E-state index contributed by atoms with van der Waals surface area (Å²) < 4.78 is 16.2. The quantitative estimate of drug-likeness (QED) is 0.856. The summed E-state index contributed by atoms with van der Waals surface area (Å²) in [5, 5.41) is 4.01. The average Bonchev–Trinajstić information content (AvgIpc) is 2.83. The zero-order valence-electron chi connectivity index (χ0n) is 11.8. The van der Waals surface area contributed by atoms with Gasteiger partial charge in [-0.15, -0.1) is 0 Å². The Bertz CT molecular complexity index is 595. The van der Waals surface area contributed by atoms with Gasteiger partial charge < -0.3 is 14.0 Å². The molecule has 3 rings (SSSR count). The second kappa shape index (κ2) is 5.54. The highest BCUT2D eigenvalue weighted by Crippen LogP contribution is 2.31. The minimum Gasteiger partial charge on any atom is -0.486 e. The molecule has 106 valence electrons. The van der Waals surface area contributed by atoms with Gasteiger partial charge in [0.1, 0.15) is 19.0 Å². The standard InChI is InChI=1S/C15H18N2O3/c1-11-7-13(16-20-11)10-17(2)9-12-3-4-14-15(8-12)19-6-5-18-14/h3-4,7-8H,5-6,9-10H2,1-2H3. The first-order valence-corrected chi connectivity index (χ1v) is 6.70. The molecule has 1 aliphatic heterocycles. The van der Waals surface area contributed by atoms with Gasteiger partial charge in [0.2, 0.25) is 0 Å². The molecule has 2 heterocycles. The summed E-state index contributed by atoms with van der Waals surface area (Å²) in [6.45, 7) is 4.72. The molecular weight excluding hydrogens is 256 g/mol. The predicted octanol–water partition coefficient (Wildman–Crippen LogP) is 2.39. The van der Waals surface area contributed by atoms with Gasteiger partial charge in [-0.3, -0.25) is 4.90 Å². The van der Waals surface area contributed by atoms with Gasteiger partial charge in [0.25, 0.3) is 0 Å². The summed E-state index contributed by atoms with van der Waals surface area (Å²) in [5.41, 5.74) is 2.14. The molecular formula is C15H18N2O3. The third-order valence-corrected chi connectivity index (χ3v) is 3.17. The van der Waals surface area contributed by atoms with Gasteiger partial charge in [-0.05, 0) is 31.7 Å². The van der Waals surface area contributed by atoms with Gasteiger partial charge in [0.05, 0.1) is 5.69 Å². The Balaban J connectivity index is 1.65. The molecule has 1 aliphatic rings. The Morgan fingerprint density at radius 1 is 1.10 bits per heavy atom. The first-order valence-electron chi connectivity index (χ1n) is 6.70. The lowest BCUT2D eigenvalue weighted by Gasteiger charge is -2.20. The zero-order valence-corrected chi connectivity index (χ0v) is 11.8. The number of hydrogen-bond acceptors (Lipinski definition) is 5. The highest BCUT2D eigenvalue weighted by Gasteiger charge is 2.13. The summed E-state index contributed by atoms with van der Waals surface area (Å²) >= 11 is 0. The minimum absolute atomic E-state index is 0.616. The molecule has 0 atom stereocenters. The van der Waals surface area contributed by atoms with Crippen LogP contribution < -0.4 is 9.47 Å². The second-order valence-electron chi connectivity index (χ2n) is 5.08. The fourth-order valence-electron chi connectivity index (χ4n) is 2.32. The van der Waals surface area contributed by atoms with E-state index in [4.69, 9.17) is 14.0 Å². The van der Waals surface area contributed by atoms with Crippen LogP contribution in [0.1, 0.15) is 17.0 Å². The van der Waals surface area contributed by atoms with Crippen molar-refractivity contribution in [2.45, 2.75) is 20.0 Å². The number of aromatic nitrogens is 1. The third kappa shape index (κ3) is 2.93. The zero-order chi connectivity index (χ0) is 13.9. The van der Waals surface area contributed by atoms with E-state index >= 15 is 0 Å². The molecule has 0 saturated heterocycles. The van der Waals surface area contributed by atoms with Crippen molar-refractivity contribution in [1.29, 1.82) is 0 Å². The van der Waals surface area contributed by atoms with Crippen LogP contribution in [0.5, 0.6) is 11.5 Å². The van der Waals surface area contributed by atoms with Crippen LogP contribution in [0.15, 0.2) is 28.8 Å². The maximum absolute atomic E-state index is 5.60. The molecule has 0 N–H and O–H groups in total. The van der Waals surface area contributed by atoms with Crippen molar-refractivity contribution in [2.24, 2.45) is 0 Å². The fourth-order valence-corrected chi connectivity index (χ4v) is 2.32. The highest BCUT2D eigenvalue weighted by molar-refractivity contribution is 5.43. The number of aryl methyl sites for hydroxylation is 1. The lowest BCUT2D eigenvalue weighted by atomic mass is 10.2. The highest BCUT2D eigenvalue weighted by atomic mass is 16.6. The van der Waals surface area contributed by atoms with Crippen LogP contribution in [0.2, 0.25) is 0 Å². The van der Waals surface area contributed by atoms with Crippen LogP contribution in [0.4, 0.5) is 0 Å². The Labute approximate surface area is 118 Å². The Morgan fingerprint density at radius 3 is 2.65 bits per heavy atom. The molecule has 1 aromatic heterocycles. The Hall–Kier alpha value is -2.01. The molecule has 0 bridgehead atoms. The summed E-state index contributed by atoms with van der Waals surface area (Å²) in [6.07, 6.45) is 0. The number of ether oxygens (including phenoxy) is 2. The Kier molecular flexibility index (Phi) is 3.60. The normalized spacial score (nSPS) is 13.8. The van der Waals surface area contributed by atoms with Crippen LogP contribution in [0.3, 0.4) is 0 Å². The van der Waals surface area contributed by atoms with E-state index in [1.54, 1.807) is 0 Å². The molecule has 20 heavy (non-hydrogen) atoms. The average molecular weight is 274 g/mol. The van der Waals surface area contributed by atoms with Crippen molar-refractivity contribution in [3.8, 4) is 11.5 Å². The molecule has 0 unspecified atom stereocenters. The number of fused-ring (bicyclic) bond motifs is 1.